The molecule has 3 aromatic rings. The van der Waals surface area contributed by atoms with E-state index in [1.165, 1.54) is 17.4 Å². The molecule has 4 atom stereocenters. The summed E-state index contributed by atoms with van der Waals surface area (Å²) in [6, 6.07) is 7.45. The van der Waals surface area contributed by atoms with Gasteiger partial charge < -0.3 is 20.2 Å². The van der Waals surface area contributed by atoms with E-state index >= 15 is 8.78 Å². The van der Waals surface area contributed by atoms with Gasteiger partial charge in [-0.3, -0.25) is 19.1 Å². The second kappa shape index (κ2) is 11.7. The maximum absolute atomic E-state index is 15.4. The molecule has 2 aliphatic heterocycles. The van der Waals surface area contributed by atoms with Gasteiger partial charge in [0.25, 0.3) is 5.91 Å². The van der Waals surface area contributed by atoms with E-state index in [0.717, 1.165) is 36.8 Å². The molecule has 1 aliphatic carbocycles. The molecule has 2 aromatic carbocycles. The fourth-order valence-corrected chi connectivity index (χ4v) is 7.34. The first-order chi connectivity index (χ1) is 21.4. The Balaban J connectivity index is 1.28. The Morgan fingerprint density at radius 1 is 1.09 bits per heavy atom. The van der Waals surface area contributed by atoms with Crippen molar-refractivity contribution < 1.29 is 28.3 Å². The van der Waals surface area contributed by atoms with E-state index < -0.39 is 42.0 Å². The number of benzene rings is 2. The minimum Gasteiger partial charge on any atom is -0.481 e. The summed E-state index contributed by atoms with van der Waals surface area (Å²) in [6.07, 6.45) is 2.27. The van der Waals surface area contributed by atoms with E-state index in [1.54, 1.807) is 16.9 Å². The zero-order valence-corrected chi connectivity index (χ0v) is 26.0. The predicted octanol–water partition coefficient (Wildman–Crippen LogP) is 4.58. The Morgan fingerprint density at radius 3 is 2.44 bits per heavy atom. The molecule has 3 heterocycles. The van der Waals surface area contributed by atoms with Crippen LogP contribution in [0.25, 0.3) is 11.1 Å². The number of fused-ring (bicyclic) bond motifs is 1. The number of piperidine rings is 1. The fourth-order valence-electron chi connectivity index (χ4n) is 7.34. The molecule has 2 amide bonds. The quantitative estimate of drug-likeness (QED) is 0.344. The number of nitrogens with zero attached hydrogens (tertiary/aromatic N) is 4. The van der Waals surface area contributed by atoms with Crippen LogP contribution in [-0.4, -0.2) is 74.7 Å². The van der Waals surface area contributed by atoms with Crippen molar-refractivity contribution in [1.29, 1.82) is 0 Å². The van der Waals surface area contributed by atoms with Gasteiger partial charge in [0.1, 0.15) is 11.7 Å². The molecule has 0 bridgehead atoms. The van der Waals surface area contributed by atoms with Crippen molar-refractivity contribution in [3.05, 3.63) is 76.6 Å². The van der Waals surface area contributed by atoms with E-state index in [2.05, 4.69) is 15.3 Å². The summed E-state index contributed by atoms with van der Waals surface area (Å²) in [5, 5.41) is 16.9. The van der Waals surface area contributed by atoms with Gasteiger partial charge in [-0.25, -0.2) is 8.78 Å². The second-order valence-electron chi connectivity index (χ2n) is 13.3. The second-order valence-corrected chi connectivity index (χ2v) is 13.3. The van der Waals surface area contributed by atoms with Crippen LogP contribution in [0.15, 0.2) is 42.6 Å². The molecule has 2 unspecified atom stereocenters. The molecule has 1 saturated carbocycles. The number of amides is 2. The van der Waals surface area contributed by atoms with Gasteiger partial charge >= 0.3 is 5.97 Å². The van der Waals surface area contributed by atoms with Crippen LogP contribution in [0.1, 0.15) is 59.9 Å². The maximum Gasteiger partial charge on any atom is 0.305 e. The molecule has 6 rings (SSSR count). The highest BCUT2D eigenvalue weighted by atomic mass is 19.2. The van der Waals surface area contributed by atoms with E-state index in [4.69, 9.17) is 0 Å². The number of halogens is 2. The van der Waals surface area contributed by atoms with Crippen molar-refractivity contribution in [3.63, 3.8) is 0 Å². The predicted molar refractivity (Wildman–Crippen MR) is 163 cm³/mol. The first-order valence-corrected chi connectivity index (χ1v) is 15.5. The lowest BCUT2D eigenvalue weighted by molar-refractivity contribution is -0.138. The third kappa shape index (κ3) is 5.74. The number of carbonyl (C=O) groups excluding carboxylic acids is 2. The van der Waals surface area contributed by atoms with Crippen molar-refractivity contribution >= 4 is 17.8 Å². The number of carboxylic acids is 1. The van der Waals surface area contributed by atoms with Crippen LogP contribution in [0.5, 0.6) is 0 Å². The minimum absolute atomic E-state index is 0.0742. The lowest BCUT2D eigenvalue weighted by atomic mass is 9.92. The smallest absolute Gasteiger partial charge is 0.305 e. The number of carboxylic acid groups (broad SMARTS) is 1. The number of aromatic nitrogens is 2. The number of hydrogen-bond donors (Lipinski definition) is 2. The van der Waals surface area contributed by atoms with E-state index in [1.807, 2.05) is 45.9 Å². The van der Waals surface area contributed by atoms with E-state index in [-0.39, 0.29) is 34.4 Å². The molecule has 2 saturated heterocycles. The Morgan fingerprint density at radius 2 is 1.80 bits per heavy atom. The molecule has 2 N–H and O–H groups in total. The Bertz CT molecular complexity index is 1650. The standard InChI is InChI=1S/C34H39F2N5O4/c1-19-7-5-8-20(2)28(19)21-15-22(30(36)24(35)16-21)26(17-27(42)43)37-32(44)31-29-23(34(29,3)4)18-41(31)33(45)25-9-12-40(38-25)14-13-39-10-6-11-39/h5,7-9,12,15-16,23,26,29,31H,6,10-11,13-14,17-18H2,1-4H3,(H,37,44)(H,42,43)/t23?,26-,29?,31-/m0/s1. The first kappa shape index (κ1) is 30.9. The number of aryl methyl sites for hydroxylation is 2. The topological polar surface area (TPSA) is 108 Å². The van der Waals surface area contributed by atoms with Gasteiger partial charge in [-0.2, -0.15) is 5.10 Å². The molecule has 9 nitrogen and oxygen atoms in total. The van der Waals surface area contributed by atoms with Crippen LogP contribution >= 0.6 is 0 Å². The number of carbonyl (C=O) groups is 3. The highest BCUT2D eigenvalue weighted by Crippen LogP contribution is 2.65. The van der Waals surface area contributed by atoms with Crippen molar-refractivity contribution in [1.82, 2.24) is 24.9 Å². The fraction of sp³-hybridized carbons (Fsp3) is 0.471. The molecule has 3 aliphatic rings. The molecule has 0 spiro atoms. The average molecular weight is 620 g/mol. The first-order valence-electron chi connectivity index (χ1n) is 15.5. The van der Waals surface area contributed by atoms with Gasteiger partial charge in [-0.1, -0.05) is 32.0 Å². The van der Waals surface area contributed by atoms with Gasteiger partial charge in [0.15, 0.2) is 11.6 Å². The summed E-state index contributed by atoms with van der Waals surface area (Å²) in [5.41, 5.74) is 2.54. The molecular formula is C34H39F2N5O4. The molecular weight excluding hydrogens is 580 g/mol. The van der Waals surface area contributed by atoms with Crippen molar-refractivity contribution in [3.8, 4) is 11.1 Å². The SMILES string of the molecule is Cc1cccc(C)c1-c1cc(F)c(F)c([C@H](CC(=O)O)NC(=O)[C@@H]2C3C(CN2C(=O)c2ccn(CCN4CCC4)n2)C3(C)C)c1. The van der Waals surface area contributed by atoms with Gasteiger partial charge in [0.05, 0.1) is 19.0 Å². The van der Waals surface area contributed by atoms with Crippen LogP contribution in [0.3, 0.4) is 0 Å². The Labute approximate surface area is 261 Å². The van der Waals surface area contributed by atoms with Crippen molar-refractivity contribution in [2.45, 2.75) is 59.2 Å². The number of rotatable bonds is 10. The highest BCUT2D eigenvalue weighted by molar-refractivity contribution is 5.97. The molecule has 238 valence electrons. The molecule has 45 heavy (non-hydrogen) atoms. The number of hydrogen-bond acceptors (Lipinski definition) is 5. The van der Waals surface area contributed by atoms with Gasteiger partial charge in [0.2, 0.25) is 5.91 Å². The van der Waals surface area contributed by atoms with Crippen molar-refractivity contribution in [2.24, 2.45) is 17.3 Å². The average Bonchev–Trinajstić information content (AvgIpc) is 3.34. The zero-order valence-electron chi connectivity index (χ0n) is 26.0. The van der Waals surface area contributed by atoms with Crippen LogP contribution in [0.2, 0.25) is 0 Å². The van der Waals surface area contributed by atoms with Gasteiger partial charge in [-0.15, -0.1) is 0 Å². The largest absolute Gasteiger partial charge is 0.481 e. The Hall–Kier alpha value is -4.12. The summed E-state index contributed by atoms with van der Waals surface area (Å²) >= 11 is 0. The van der Waals surface area contributed by atoms with Gasteiger partial charge in [0, 0.05) is 24.8 Å². The summed E-state index contributed by atoms with van der Waals surface area (Å²) in [6.45, 7) is 11.7. The summed E-state index contributed by atoms with van der Waals surface area (Å²) in [5.74, 6) is -4.71. The number of aliphatic carboxylic acids is 1. The molecule has 3 fully saturated rings. The molecule has 0 radical (unpaired) electrons. The third-order valence-electron chi connectivity index (χ3n) is 10.1. The highest BCUT2D eigenvalue weighted by Gasteiger charge is 2.69. The number of nitrogens with one attached hydrogen (secondary N) is 1. The zero-order chi connectivity index (χ0) is 32.2. The van der Waals surface area contributed by atoms with Crippen LogP contribution < -0.4 is 5.32 Å². The molecule has 11 heteroatoms. The van der Waals surface area contributed by atoms with Crippen LogP contribution in [0, 0.1) is 42.7 Å². The summed E-state index contributed by atoms with van der Waals surface area (Å²) in [7, 11) is 0. The molecule has 1 aromatic heterocycles. The minimum atomic E-state index is -1.37. The van der Waals surface area contributed by atoms with E-state index in [9.17, 15) is 19.5 Å². The third-order valence-corrected chi connectivity index (χ3v) is 10.1. The van der Waals surface area contributed by atoms with Gasteiger partial charge in [-0.05, 0) is 91.1 Å². The van der Waals surface area contributed by atoms with Crippen LogP contribution in [-0.2, 0) is 16.1 Å². The van der Waals surface area contributed by atoms with Crippen molar-refractivity contribution in [2.75, 3.05) is 26.2 Å². The van der Waals surface area contributed by atoms with E-state index in [0.29, 0.717) is 24.2 Å². The Kier molecular flexibility index (Phi) is 8.01. The van der Waals surface area contributed by atoms with Crippen LogP contribution in [0.4, 0.5) is 8.78 Å². The normalized spacial score (nSPS) is 22.4. The summed E-state index contributed by atoms with van der Waals surface area (Å²) in [4.78, 5) is 43.5. The maximum atomic E-state index is 15.4. The lowest BCUT2D eigenvalue weighted by Crippen LogP contribution is -2.51. The lowest BCUT2D eigenvalue weighted by Gasteiger charge is -2.31. The summed E-state index contributed by atoms with van der Waals surface area (Å²) < 4.78 is 32.2. The number of likely N-dealkylation sites (tertiary alicyclic amines) is 2. The monoisotopic (exact) mass is 619 g/mol.